The SMILES string of the molecule is COC(=O)c1ccc(C(O)=[N+]2CCCCC2)cc1. The molecule has 1 saturated heterocycles. The molecule has 18 heavy (non-hydrogen) atoms. The average Bonchev–Trinajstić information content (AvgIpc) is 2.47. The molecule has 0 aliphatic carbocycles. The second kappa shape index (κ2) is 5.67. The Morgan fingerprint density at radius 3 is 2.22 bits per heavy atom. The van der Waals surface area contributed by atoms with Gasteiger partial charge in [-0.2, -0.15) is 4.58 Å². The van der Waals surface area contributed by atoms with Crippen LogP contribution in [-0.4, -0.2) is 41.7 Å². The highest BCUT2D eigenvalue weighted by Crippen LogP contribution is 2.09. The van der Waals surface area contributed by atoms with Crippen molar-refractivity contribution in [3.05, 3.63) is 35.4 Å². The maximum absolute atomic E-state index is 11.3. The third kappa shape index (κ3) is 2.70. The fourth-order valence-corrected chi connectivity index (χ4v) is 2.16. The molecule has 0 amide bonds. The van der Waals surface area contributed by atoms with Crippen molar-refractivity contribution in [3.63, 3.8) is 0 Å². The van der Waals surface area contributed by atoms with Gasteiger partial charge in [-0.3, -0.25) is 0 Å². The third-order valence-corrected chi connectivity index (χ3v) is 3.22. The Balaban J connectivity index is 2.21. The van der Waals surface area contributed by atoms with Crippen molar-refractivity contribution >= 4 is 11.9 Å². The molecule has 0 unspecified atom stereocenters. The Hall–Kier alpha value is -1.84. The Labute approximate surface area is 107 Å². The zero-order valence-electron chi connectivity index (χ0n) is 10.6. The number of ether oxygens (including phenoxy) is 1. The van der Waals surface area contributed by atoms with Gasteiger partial charge in [0.1, 0.15) is 13.1 Å². The normalized spacial score (nSPS) is 15.3. The number of esters is 1. The van der Waals surface area contributed by atoms with Crippen molar-refractivity contribution in [2.24, 2.45) is 0 Å². The van der Waals surface area contributed by atoms with E-state index in [1.165, 1.54) is 13.5 Å². The van der Waals surface area contributed by atoms with E-state index in [0.717, 1.165) is 31.5 Å². The fourth-order valence-electron chi connectivity index (χ4n) is 2.16. The molecular weight excluding hydrogens is 230 g/mol. The van der Waals surface area contributed by atoms with Gasteiger partial charge < -0.3 is 9.84 Å². The number of aliphatic hydroxyl groups is 1. The van der Waals surface area contributed by atoms with E-state index in [0.29, 0.717) is 11.5 Å². The largest absolute Gasteiger partial charge is 0.465 e. The second-order valence-corrected chi connectivity index (χ2v) is 4.44. The van der Waals surface area contributed by atoms with E-state index in [9.17, 15) is 9.90 Å². The third-order valence-electron chi connectivity index (χ3n) is 3.22. The predicted molar refractivity (Wildman–Crippen MR) is 68.4 cm³/mol. The van der Waals surface area contributed by atoms with Gasteiger partial charge in [0.05, 0.1) is 18.2 Å². The first-order valence-corrected chi connectivity index (χ1v) is 6.22. The van der Waals surface area contributed by atoms with E-state index in [2.05, 4.69) is 4.74 Å². The number of carbonyl (C=O) groups excluding carboxylic acids is 1. The van der Waals surface area contributed by atoms with Crippen LogP contribution < -0.4 is 0 Å². The summed E-state index contributed by atoms with van der Waals surface area (Å²) in [7, 11) is 1.35. The molecule has 1 aromatic carbocycles. The molecule has 1 aromatic rings. The maximum Gasteiger partial charge on any atom is 0.367 e. The molecule has 1 aliphatic heterocycles. The highest BCUT2D eigenvalue weighted by atomic mass is 16.5. The molecule has 0 atom stereocenters. The highest BCUT2D eigenvalue weighted by Gasteiger charge is 2.19. The molecule has 1 N–H and O–H groups in total. The average molecular weight is 248 g/mol. The number of rotatable bonds is 2. The van der Waals surface area contributed by atoms with Gasteiger partial charge in [-0.25, -0.2) is 4.79 Å². The molecule has 0 bridgehead atoms. The summed E-state index contributed by atoms with van der Waals surface area (Å²) in [5.41, 5.74) is 1.23. The molecule has 0 spiro atoms. The molecule has 0 aromatic heterocycles. The van der Waals surface area contributed by atoms with Gasteiger partial charge >= 0.3 is 11.9 Å². The Kier molecular flexibility index (Phi) is 3.97. The van der Waals surface area contributed by atoms with E-state index in [1.54, 1.807) is 24.3 Å². The maximum atomic E-state index is 11.3. The van der Waals surface area contributed by atoms with E-state index in [-0.39, 0.29) is 5.97 Å². The number of carbonyl (C=O) groups is 1. The highest BCUT2D eigenvalue weighted by molar-refractivity contribution is 5.92. The van der Waals surface area contributed by atoms with Crippen molar-refractivity contribution in [2.45, 2.75) is 19.3 Å². The Morgan fingerprint density at radius 1 is 1.11 bits per heavy atom. The number of piperidine rings is 1. The van der Waals surface area contributed by atoms with Crippen LogP contribution in [0.4, 0.5) is 0 Å². The minimum atomic E-state index is -0.362. The van der Waals surface area contributed by atoms with Crippen LogP contribution in [0.1, 0.15) is 35.2 Å². The summed E-state index contributed by atoms with van der Waals surface area (Å²) < 4.78 is 6.62. The zero-order valence-corrected chi connectivity index (χ0v) is 10.6. The van der Waals surface area contributed by atoms with E-state index in [1.807, 2.05) is 4.58 Å². The molecule has 1 fully saturated rings. The van der Waals surface area contributed by atoms with Crippen LogP contribution in [0, 0.1) is 0 Å². The van der Waals surface area contributed by atoms with E-state index < -0.39 is 0 Å². The first-order valence-electron chi connectivity index (χ1n) is 6.22. The fraction of sp³-hybridized carbons (Fsp3) is 0.429. The van der Waals surface area contributed by atoms with Gasteiger partial charge in [0, 0.05) is 12.8 Å². The lowest BCUT2D eigenvalue weighted by Gasteiger charge is -2.11. The van der Waals surface area contributed by atoms with E-state index in [4.69, 9.17) is 0 Å². The first kappa shape index (κ1) is 12.6. The monoisotopic (exact) mass is 248 g/mol. The first-order chi connectivity index (χ1) is 8.72. The molecule has 2 rings (SSSR count). The van der Waals surface area contributed by atoms with Crippen molar-refractivity contribution in [1.82, 2.24) is 0 Å². The van der Waals surface area contributed by atoms with Crippen molar-refractivity contribution in [3.8, 4) is 0 Å². The van der Waals surface area contributed by atoms with Gasteiger partial charge in [0.25, 0.3) is 0 Å². The van der Waals surface area contributed by atoms with Crippen LogP contribution in [0.2, 0.25) is 0 Å². The predicted octanol–water partition coefficient (Wildman–Crippen LogP) is 1.97. The van der Waals surface area contributed by atoms with Crippen LogP contribution in [0.25, 0.3) is 0 Å². The topological polar surface area (TPSA) is 49.5 Å². The number of aliphatic hydroxyl groups excluding tert-OH is 1. The van der Waals surface area contributed by atoms with Gasteiger partial charge in [-0.1, -0.05) is 0 Å². The molecule has 0 radical (unpaired) electrons. The van der Waals surface area contributed by atoms with Crippen LogP contribution in [0.3, 0.4) is 0 Å². The van der Waals surface area contributed by atoms with Gasteiger partial charge in [0.15, 0.2) is 0 Å². The Morgan fingerprint density at radius 2 is 1.67 bits per heavy atom. The van der Waals surface area contributed by atoms with Gasteiger partial charge in [-0.15, -0.1) is 0 Å². The van der Waals surface area contributed by atoms with Gasteiger partial charge in [-0.05, 0) is 30.7 Å². The number of benzene rings is 1. The number of nitrogens with zero attached hydrogens (tertiary/aromatic N) is 1. The lowest BCUT2D eigenvalue weighted by molar-refractivity contribution is -0.544. The minimum Gasteiger partial charge on any atom is -0.465 e. The van der Waals surface area contributed by atoms with E-state index >= 15 is 0 Å². The van der Waals surface area contributed by atoms with Crippen LogP contribution in [-0.2, 0) is 4.74 Å². The quantitative estimate of drug-likeness (QED) is 0.494. The van der Waals surface area contributed by atoms with Crippen LogP contribution in [0.5, 0.6) is 0 Å². The smallest absolute Gasteiger partial charge is 0.367 e. The molecule has 0 saturated carbocycles. The summed E-state index contributed by atoms with van der Waals surface area (Å²) in [6.45, 7) is 1.79. The van der Waals surface area contributed by atoms with Crippen LogP contribution in [0.15, 0.2) is 24.3 Å². The van der Waals surface area contributed by atoms with Crippen LogP contribution >= 0.6 is 0 Å². The standard InChI is InChI=1S/C14H17NO3/c1-18-14(17)12-7-5-11(6-8-12)13(16)15-9-3-2-4-10-15/h5-8H,2-4,9-10H2,1H3/p+1. The molecule has 4 nitrogen and oxygen atoms in total. The molecule has 1 aliphatic rings. The zero-order chi connectivity index (χ0) is 13.0. The lowest BCUT2D eigenvalue weighted by atomic mass is 10.1. The van der Waals surface area contributed by atoms with Crippen molar-refractivity contribution in [2.75, 3.05) is 20.2 Å². The van der Waals surface area contributed by atoms with Crippen molar-refractivity contribution < 1.29 is 19.2 Å². The summed E-state index contributed by atoms with van der Waals surface area (Å²) in [5, 5.41) is 10.2. The number of hydrogen-bond acceptors (Lipinski definition) is 2. The molecule has 96 valence electrons. The number of methoxy groups -OCH3 is 1. The second-order valence-electron chi connectivity index (χ2n) is 4.44. The minimum absolute atomic E-state index is 0.297. The summed E-state index contributed by atoms with van der Waals surface area (Å²) in [6.07, 6.45) is 3.46. The number of hydrogen-bond donors (Lipinski definition) is 1. The molecular formula is C14H18NO3+. The van der Waals surface area contributed by atoms with Gasteiger partial charge in [0.2, 0.25) is 0 Å². The van der Waals surface area contributed by atoms with Crippen molar-refractivity contribution in [1.29, 1.82) is 0 Å². The molecule has 4 heteroatoms. The summed E-state index contributed by atoms with van der Waals surface area (Å²) in [5.74, 6) is -0.0647. The summed E-state index contributed by atoms with van der Waals surface area (Å²) in [6, 6.07) is 6.83. The summed E-state index contributed by atoms with van der Waals surface area (Å²) >= 11 is 0. The lowest BCUT2D eigenvalue weighted by Crippen LogP contribution is -2.27. The summed E-state index contributed by atoms with van der Waals surface area (Å²) in [4.78, 5) is 11.3. The Bertz CT molecular complexity index is 454. The molecule has 1 heterocycles.